The van der Waals surface area contributed by atoms with Gasteiger partial charge in [-0.15, -0.1) is 0 Å². The van der Waals surface area contributed by atoms with E-state index in [0.29, 0.717) is 18.7 Å². The lowest BCUT2D eigenvalue weighted by atomic mass is 9.79. The monoisotopic (exact) mass is 265 g/mol. The van der Waals surface area contributed by atoms with E-state index in [9.17, 15) is 9.59 Å². The fraction of sp³-hybridized carbons (Fsp3) is 0.615. The number of anilines is 1. The Morgan fingerprint density at radius 1 is 1.42 bits per heavy atom. The zero-order valence-electron chi connectivity index (χ0n) is 11.0. The molecule has 0 saturated heterocycles. The molecule has 0 bridgehead atoms. The number of aryl methyl sites for hydroxylation is 1. The molecule has 6 nitrogen and oxygen atoms in total. The third kappa shape index (κ3) is 3.13. The zero-order valence-corrected chi connectivity index (χ0v) is 11.0. The normalized spacial score (nSPS) is 23.0. The fourth-order valence-electron chi connectivity index (χ4n) is 2.56. The van der Waals surface area contributed by atoms with Crippen molar-refractivity contribution in [2.45, 2.75) is 39.2 Å². The Balaban J connectivity index is 2.03. The van der Waals surface area contributed by atoms with Crippen LogP contribution in [0.25, 0.3) is 0 Å². The average molecular weight is 265 g/mol. The number of aromatic nitrogens is 2. The maximum absolute atomic E-state index is 12.2. The number of nitrogens with zero attached hydrogens (tertiary/aromatic N) is 2. The lowest BCUT2D eigenvalue weighted by Gasteiger charge is -2.27. The van der Waals surface area contributed by atoms with Gasteiger partial charge >= 0.3 is 5.97 Å². The molecule has 1 heterocycles. The predicted octanol–water partition coefficient (Wildman–Crippen LogP) is 1.73. The summed E-state index contributed by atoms with van der Waals surface area (Å²) in [5, 5.41) is 16.1. The molecule has 1 aliphatic rings. The van der Waals surface area contributed by atoms with Crippen molar-refractivity contribution in [1.82, 2.24) is 9.78 Å². The SMILES string of the molecule is CCn1ccc(NC(=O)C2CCCCC2C(=O)O)n1. The topological polar surface area (TPSA) is 84.2 Å². The number of rotatable bonds is 4. The number of carboxylic acid groups (broad SMARTS) is 1. The number of amides is 1. The molecule has 0 aromatic carbocycles. The van der Waals surface area contributed by atoms with E-state index in [4.69, 9.17) is 5.11 Å². The highest BCUT2D eigenvalue weighted by molar-refractivity contribution is 5.94. The number of aliphatic carboxylic acids is 1. The first-order chi connectivity index (χ1) is 9.11. The van der Waals surface area contributed by atoms with Crippen LogP contribution in [0.4, 0.5) is 5.82 Å². The number of carbonyl (C=O) groups excluding carboxylic acids is 1. The van der Waals surface area contributed by atoms with Crippen molar-refractivity contribution in [3.05, 3.63) is 12.3 Å². The Morgan fingerprint density at radius 2 is 2.11 bits per heavy atom. The fourth-order valence-corrected chi connectivity index (χ4v) is 2.56. The highest BCUT2D eigenvalue weighted by Gasteiger charge is 2.35. The van der Waals surface area contributed by atoms with Crippen LogP contribution >= 0.6 is 0 Å². The van der Waals surface area contributed by atoms with E-state index < -0.39 is 17.8 Å². The van der Waals surface area contributed by atoms with Crippen LogP contribution in [-0.2, 0) is 16.1 Å². The van der Waals surface area contributed by atoms with Gasteiger partial charge in [0.05, 0.1) is 11.8 Å². The Morgan fingerprint density at radius 3 is 2.68 bits per heavy atom. The van der Waals surface area contributed by atoms with Gasteiger partial charge in [0, 0.05) is 18.8 Å². The van der Waals surface area contributed by atoms with E-state index in [1.807, 2.05) is 6.92 Å². The van der Waals surface area contributed by atoms with E-state index >= 15 is 0 Å². The van der Waals surface area contributed by atoms with Gasteiger partial charge in [-0.3, -0.25) is 14.3 Å². The van der Waals surface area contributed by atoms with E-state index in [2.05, 4.69) is 10.4 Å². The quantitative estimate of drug-likeness (QED) is 0.868. The van der Waals surface area contributed by atoms with Gasteiger partial charge in [0.2, 0.25) is 5.91 Å². The molecule has 0 spiro atoms. The second kappa shape index (κ2) is 5.86. The van der Waals surface area contributed by atoms with Crippen molar-refractivity contribution in [3.8, 4) is 0 Å². The summed E-state index contributed by atoms with van der Waals surface area (Å²) in [5.74, 6) is -1.63. The molecular formula is C13H19N3O3. The van der Waals surface area contributed by atoms with Crippen LogP contribution in [0.3, 0.4) is 0 Å². The lowest BCUT2D eigenvalue weighted by Crippen LogP contribution is -2.36. The molecule has 2 N–H and O–H groups in total. The molecule has 104 valence electrons. The maximum Gasteiger partial charge on any atom is 0.307 e. The van der Waals surface area contributed by atoms with Gasteiger partial charge in [0.1, 0.15) is 0 Å². The second-order valence-electron chi connectivity index (χ2n) is 4.88. The van der Waals surface area contributed by atoms with Crippen LogP contribution in [0.5, 0.6) is 0 Å². The lowest BCUT2D eigenvalue weighted by molar-refractivity contribution is -0.147. The molecule has 1 saturated carbocycles. The molecule has 1 amide bonds. The van der Waals surface area contributed by atoms with Gasteiger partial charge in [-0.2, -0.15) is 5.10 Å². The van der Waals surface area contributed by atoms with Crippen LogP contribution in [0, 0.1) is 11.8 Å². The van der Waals surface area contributed by atoms with E-state index in [0.717, 1.165) is 19.4 Å². The van der Waals surface area contributed by atoms with E-state index in [1.165, 1.54) is 0 Å². The molecule has 1 fully saturated rings. The van der Waals surface area contributed by atoms with Gasteiger partial charge in [0.15, 0.2) is 5.82 Å². The zero-order chi connectivity index (χ0) is 13.8. The number of nitrogens with one attached hydrogen (secondary N) is 1. The third-order valence-electron chi connectivity index (χ3n) is 3.64. The van der Waals surface area contributed by atoms with Gasteiger partial charge in [0.25, 0.3) is 0 Å². The summed E-state index contributed by atoms with van der Waals surface area (Å²) in [4.78, 5) is 23.3. The first-order valence-corrected chi connectivity index (χ1v) is 6.69. The first kappa shape index (κ1) is 13.6. The number of hydrogen-bond acceptors (Lipinski definition) is 3. The number of hydrogen-bond donors (Lipinski definition) is 2. The summed E-state index contributed by atoms with van der Waals surface area (Å²) in [6.07, 6.45) is 4.79. The Labute approximate surface area is 111 Å². The van der Waals surface area contributed by atoms with Gasteiger partial charge in [-0.1, -0.05) is 12.8 Å². The Hall–Kier alpha value is -1.85. The molecule has 2 unspecified atom stereocenters. The summed E-state index contributed by atoms with van der Waals surface area (Å²) in [6.45, 7) is 2.69. The Bertz CT molecular complexity index is 469. The highest BCUT2D eigenvalue weighted by atomic mass is 16.4. The van der Waals surface area contributed by atoms with Crippen molar-refractivity contribution >= 4 is 17.7 Å². The molecule has 0 aliphatic heterocycles. The van der Waals surface area contributed by atoms with E-state index in [1.54, 1.807) is 16.9 Å². The van der Waals surface area contributed by atoms with Crippen molar-refractivity contribution in [3.63, 3.8) is 0 Å². The minimum atomic E-state index is -0.876. The minimum Gasteiger partial charge on any atom is -0.481 e. The highest BCUT2D eigenvalue weighted by Crippen LogP contribution is 2.31. The van der Waals surface area contributed by atoms with Crippen molar-refractivity contribution in [1.29, 1.82) is 0 Å². The Kier molecular flexibility index (Phi) is 4.19. The molecular weight excluding hydrogens is 246 g/mol. The van der Waals surface area contributed by atoms with Crippen molar-refractivity contribution < 1.29 is 14.7 Å². The molecule has 0 radical (unpaired) electrons. The van der Waals surface area contributed by atoms with Crippen LogP contribution in [-0.4, -0.2) is 26.8 Å². The molecule has 2 atom stereocenters. The predicted molar refractivity (Wildman–Crippen MR) is 69.6 cm³/mol. The summed E-state index contributed by atoms with van der Waals surface area (Å²) in [6, 6.07) is 1.72. The standard InChI is InChI=1S/C13H19N3O3/c1-2-16-8-7-11(15-16)14-12(17)9-5-3-4-6-10(9)13(18)19/h7-10H,2-6H2,1H3,(H,18,19)(H,14,15,17). The van der Waals surface area contributed by atoms with Gasteiger partial charge < -0.3 is 10.4 Å². The molecule has 1 aromatic heterocycles. The van der Waals surface area contributed by atoms with Crippen LogP contribution in [0.1, 0.15) is 32.6 Å². The maximum atomic E-state index is 12.2. The molecule has 6 heteroatoms. The molecule has 1 aliphatic carbocycles. The molecule has 19 heavy (non-hydrogen) atoms. The summed E-state index contributed by atoms with van der Waals surface area (Å²) in [7, 11) is 0. The molecule has 2 rings (SSSR count). The number of carboxylic acids is 1. The van der Waals surface area contributed by atoms with Gasteiger partial charge in [-0.25, -0.2) is 0 Å². The first-order valence-electron chi connectivity index (χ1n) is 6.69. The van der Waals surface area contributed by atoms with Crippen molar-refractivity contribution in [2.24, 2.45) is 11.8 Å². The molecule has 1 aromatic rings. The van der Waals surface area contributed by atoms with Crippen LogP contribution in [0.15, 0.2) is 12.3 Å². The average Bonchev–Trinajstić information content (AvgIpc) is 2.86. The third-order valence-corrected chi connectivity index (χ3v) is 3.64. The second-order valence-corrected chi connectivity index (χ2v) is 4.88. The smallest absolute Gasteiger partial charge is 0.307 e. The summed E-state index contributed by atoms with van der Waals surface area (Å²) in [5.41, 5.74) is 0. The minimum absolute atomic E-state index is 0.228. The van der Waals surface area contributed by atoms with Crippen LogP contribution in [0.2, 0.25) is 0 Å². The largest absolute Gasteiger partial charge is 0.481 e. The van der Waals surface area contributed by atoms with Gasteiger partial charge in [-0.05, 0) is 19.8 Å². The van der Waals surface area contributed by atoms with E-state index in [-0.39, 0.29) is 5.91 Å². The summed E-state index contributed by atoms with van der Waals surface area (Å²) >= 11 is 0. The number of carbonyl (C=O) groups is 2. The van der Waals surface area contributed by atoms with Crippen LogP contribution < -0.4 is 5.32 Å². The van der Waals surface area contributed by atoms with Crippen molar-refractivity contribution in [2.75, 3.05) is 5.32 Å². The summed E-state index contributed by atoms with van der Waals surface area (Å²) < 4.78 is 1.71.